The molecule has 0 radical (unpaired) electrons. The van der Waals surface area contributed by atoms with Crippen molar-refractivity contribution in [2.75, 3.05) is 0 Å². The van der Waals surface area contributed by atoms with E-state index in [1.54, 1.807) is 6.08 Å². The van der Waals surface area contributed by atoms with Gasteiger partial charge >= 0.3 is 0 Å². The van der Waals surface area contributed by atoms with Crippen molar-refractivity contribution in [1.82, 2.24) is 0 Å². The lowest BCUT2D eigenvalue weighted by Crippen LogP contribution is -2.22. The molecule has 2 heteroatoms. The van der Waals surface area contributed by atoms with Crippen molar-refractivity contribution in [3.63, 3.8) is 0 Å². The van der Waals surface area contributed by atoms with Crippen molar-refractivity contribution in [2.45, 2.75) is 5.60 Å². The number of thiophene rings is 1. The van der Waals surface area contributed by atoms with E-state index >= 15 is 0 Å². The Balaban J connectivity index is 2.52. The van der Waals surface area contributed by atoms with E-state index in [4.69, 9.17) is 0 Å². The Morgan fingerprint density at radius 3 is 2.40 bits per heavy atom. The van der Waals surface area contributed by atoms with Gasteiger partial charge in [-0.25, -0.2) is 0 Å². The van der Waals surface area contributed by atoms with Gasteiger partial charge in [0.25, 0.3) is 0 Å². The van der Waals surface area contributed by atoms with Gasteiger partial charge in [0.05, 0.1) is 0 Å². The second-order valence-corrected chi connectivity index (χ2v) is 4.26. The maximum atomic E-state index is 10.5. The maximum absolute atomic E-state index is 10.5. The monoisotopic (exact) mass is 216 g/mol. The van der Waals surface area contributed by atoms with Crippen LogP contribution in [0.1, 0.15) is 10.4 Å². The Labute approximate surface area is 93.3 Å². The molecule has 0 fully saturated rings. The van der Waals surface area contributed by atoms with E-state index in [9.17, 15) is 5.11 Å². The van der Waals surface area contributed by atoms with Crippen molar-refractivity contribution < 1.29 is 5.11 Å². The average Bonchev–Trinajstić information content (AvgIpc) is 2.83. The highest BCUT2D eigenvalue weighted by Gasteiger charge is 2.28. The molecule has 1 aromatic heterocycles. The summed E-state index contributed by atoms with van der Waals surface area (Å²) in [5.74, 6) is 0. The van der Waals surface area contributed by atoms with E-state index in [2.05, 4.69) is 6.58 Å². The minimum absolute atomic E-state index is 0.849. The first kappa shape index (κ1) is 10.1. The summed E-state index contributed by atoms with van der Waals surface area (Å²) in [4.78, 5) is 0.892. The van der Waals surface area contributed by atoms with Crippen molar-refractivity contribution in [3.8, 4) is 0 Å². The first-order valence-corrected chi connectivity index (χ1v) is 5.61. The SMILES string of the molecule is C=CC(O)(c1ccccc1)c1cccs1. The molecule has 76 valence electrons. The van der Waals surface area contributed by atoms with Gasteiger partial charge in [-0.3, -0.25) is 0 Å². The molecule has 1 nitrogen and oxygen atoms in total. The van der Waals surface area contributed by atoms with E-state index in [1.807, 2.05) is 47.8 Å². The summed E-state index contributed by atoms with van der Waals surface area (Å²) in [7, 11) is 0. The average molecular weight is 216 g/mol. The third kappa shape index (κ3) is 1.74. The van der Waals surface area contributed by atoms with E-state index in [-0.39, 0.29) is 0 Å². The first-order chi connectivity index (χ1) is 7.27. The third-order valence-electron chi connectivity index (χ3n) is 2.41. The topological polar surface area (TPSA) is 20.2 Å². The van der Waals surface area contributed by atoms with Crippen LogP contribution in [0.2, 0.25) is 0 Å². The Morgan fingerprint density at radius 2 is 1.87 bits per heavy atom. The fourth-order valence-corrected chi connectivity index (χ4v) is 2.39. The fraction of sp³-hybridized carbons (Fsp3) is 0.0769. The summed E-state index contributed by atoms with van der Waals surface area (Å²) in [5.41, 5.74) is -0.211. The van der Waals surface area contributed by atoms with E-state index in [0.29, 0.717) is 0 Å². The van der Waals surface area contributed by atoms with Gasteiger partial charge in [0.2, 0.25) is 0 Å². The number of rotatable bonds is 3. The molecule has 0 aliphatic rings. The maximum Gasteiger partial charge on any atom is 0.142 e. The van der Waals surface area contributed by atoms with Crippen LogP contribution >= 0.6 is 11.3 Å². The lowest BCUT2D eigenvalue weighted by Gasteiger charge is -2.23. The summed E-state index contributed by atoms with van der Waals surface area (Å²) in [6.07, 6.45) is 1.58. The zero-order chi connectivity index (χ0) is 10.7. The van der Waals surface area contributed by atoms with Crippen molar-refractivity contribution in [3.05, 3.63) is 70.9 Å². The van der Waals surface area contributed by atoms with Gasteiger partial charge in [-0.05, 0) is 17.0 Å². The van der Waals surface area contributed by atoms with E-state index < -0.39 is 5.60 Å². The highest BCUT2D eigenvalue weighted by atomic mass is 32.1. The first-order valence-electron chi connectivity index (χ1n) is 4.73. The quantitative estimate of drug-likeness (QED) is 0.781. The third-order valence-corrected chi connectivity index (χ3v) is 3.40. The zero-order valence-electron chi connectivity index (χ0n) is 8.26. The molecule has 1 heterocycles. The van der Waals surface area contributed by atoms with Crippen molar-refractivity contribution in [1.29, 1.82) is 0 Å². The number of hydrogen-bond donors (Lipinski definition) is 1. The Bertz CT molecular complexity index is 433. The molecule has 0 saturated heterocycles. The summed E-state index contributed by atoms with van der Waals surface area (Å²) in [6, 6.07) is 13.4. The van der Waals surface area contributed by atoms with Crippen LogP contribution < -0.4 is 0 Å². The van der Waals surface area contributed by atoms with Gasteiger partial charge in [-0.2, -0.15) is 0 Å². The normalized spacial score (nSPS) is 14.5. The molecule has 1 N–H and O–H groups in total. The molecule has 0 bridgehead atoms. The molecule has 0 aliphatic heterocycles. The molecule has 1 unspecified atom stereocenters. The molecule has 0 spiro atoms. The molecule has 1 atom stereocenters. The summed E-state index contributed by atoms with van der Waals surface area (Å²) < 4.78 is 0. The van der Waals surface area contributed by atoms with Crippen LogP contribution in [0.4, 0.5) is 0 Å². The summed E-state index contributed by atoms with van der Waals surface area (Å²) in [5, 5.41) is 12.5. The summed E-state index contributed by atoms with van der Waals surface area (Å²) in [6.45, 7) is 3.72. The largest absolute Gasteiger partial charge is 0.376 e. The number of hydrogen-bond acceptors (Lipinski definition) is 2. The van der Waals surface area contributed by atoms with Crippen LogP contribution in [0.15, 0.2) is 60.5 Å². The van der Waals surface area contributed by atoms with Crippen LogP contribution in [0, 0.1) is 0 Å². The molecular formula is C13H12OS. The second kappa shape index (κ2) is 4.01. The Kier molecular flexibility index (Phi) is 2.71. The molecule has 2 rings (SSSR count). The standard InChI is InChI=1S/C13H12OS/c1-2-13(14,12-9-6-10-15-12)11-7-4-3-5-8-11/h2-10,14H,1H2. The highest BCUT2D eigenvalue weighted by Crippen LogP contribution is 2.33. The van der Waals surface area contributed by atoms with Gasteiger partial charge in [0.1, 0.15) is 5.60 Å². The van der Waals surface area contributed by atoms with Crippen molar-refractivity contribution >= 4 is 11.3 Å². The van der Waals surface area contributed by atoms with E-state index in [0.717, 1.165) is 10.4 Å². The smallest absolute Gasteiger partial charge is 0.142 e. The van der Waals surface area contributed by atoms with Crippen LogP contribution in [0.25, 0.3) is 0 Å². The molecule has 15 heavy (non-hydrogen) atoms. The van der Waals surface area contributed by atoms with Crippen LogP contribution in [0.5, 0.6) is 0 Å². The molecule has 0 amide bonds. The highest BCUT2D eigenvalue weighted by molar-refractivity contribution is 7.10. The molecule has 0 aliphatic carbocycles. The van der Waals surface area contributed by atoms with Gasteiger partial charge in [-0.1, -0.05) is 49.1 Å². The molecule has 2 aromatic rings. The lowest BCUT2D eigenvalue weighted by atomic mass is 9.92. The number of aliphatic hydroxyl groups is 1. The van der Waals surface area contributed by atoms with Crippen LogP contribution in [-0.2, 0) is 5.60 Å². The predicted octanol–water partition coefficient (Wildman–Crippen LogP) is 3.17. The lowest BCUT2D eigenvalue weighted by molar-refractivity contribution is 0.139. The minimum Gasteiger partial charge on any atom is -0.376 e. The van der Waals surface area contributed by atoms with Gasteiger partial charge in [-0.15, -0.1) is 11.3 Å². The molecule has 0 saturated carbocycles. The number of benzene rings is 1. The van der Waals surface area contributed by atoms with Gasteiger partial charge < -0.3 is 5.11 Å². The van der Waals surface area contributed by atoms with E-state index in [1.165, 1.54) is 11.3 Å². The Hall–Kier alpha value is -1.38. The second-order valence-electron chi connectivity index (χ2n) is 3.31. The minimum atomic E-state index is -1.06. The summed E-state index contributed by atoms with van der Waals surface area (Å²) >= 11 is 1.53. The fourth-order valence-electron chi connectivity index (χ4n) is 1.55. The van der Waals surface area contributed by atoms with Crippen LogP contribution in [0.3, 0.4) is 0 Å². The van der Waals surface area contributed by atoms with Crippen LogP contribution in [-0.4, -0.2) is 5.11 Å². The Morgan fingerprint density at radius 1 is 1.13 bits per heavy atom. The van der Waals surface area contributed by atoms with Crippen molar-refractivity contribution in [2.24, 2.45) is 0 Å². The zero-order valence-corrected chi connectivity index (χ0v) is 9.08. The predicted molar refractivity (Wildman–Crippen MR) is 64.0 cm³/mol. The van der Waals surface area contributed by atoms with Gasteiger partial charge in [0.15, 0.2) is 0 Å². The van der Waals surface area contributed by atoms with Gasteiger partial charge in [0, 0.05) is 4.88 Å². The molecule has 1 aromatic carbocycles. The molecular weight excluding hydrogens is 204 g/mol.